The van der Waals surface area contributed by atoms with E-state index in [1.807, 2.05) is 6.07 Å². The van der Waals surface area contributed by atoms with Gasteiger partial charge in [0.2, 0.25) is 5.88 Å². The molecule has 0 bridgehead atoms. The number of aromatic nitrogens is 2. The molecular weight excluding hydrogens is 244 g/mol. The second-order valence-corrected chi connectivity index (χ2v) is 4.51. The highest BCUT2D eigenvalue weighted by molar-refractivity contribution is 5.85. The van der Waals surface area contributed by atoms with Gasteiger partial charge in [-0.1, -0.05) is 31.9 Å². The van der Waals surface area contributed by atoms with Crippen molar-refractivity contribution in [2.24, 2.45) is 0 Å². The van der Waals surface area contributed by atoms with Gasteiger partial charge in [0.1, 0.15) is 6.61 Å². The maximum absolute atomic E-state index is 11.6. The van der Waals surface area contributed by atoms with Crippen LogP contribution in [0.5, 0.6) is 5.88 Å². The molecule has 0 aliphatic rings. The van der Waals surface area contributed by atoms with Gasteiger partial charge < -0.3 is 9.84 Å². The Hall–Kier alpha value is -1.88. The van der Waals surface area contributed by atoms with Crippen molar-refractivity contribution in [2.75, 3.05) is 6.61 Å². The Balaban J connectivity index is 2.13. The molecule has 0 saturated carbocycles. The molecule has 2 aromatic rings. The SMILES string of the molecule is CCCCC(O)COc1n[nH]c(=O)c2ccccc12. The van der Waals surface area contributed by atoms with E-state index in [4.69, 9.17) is 4.74 Å². The van der Waals surface area contributed by atoms with Crippen molar-refractivity contribution in [1.82, 2.24) is 10.2 Å². The predicted octanol–water partition coefficient (Wildman–Crippen LogP) is 1.85. The van der Waals surface area contributed by atoms with Gasteiger partial charge in [-0.15, -0.1) is 5.10 Å². The van der Waals surface area contributed by atoms with E-state index in [1.54, 1.807) is 18.2 Å². The summed E-state index contributed by atoms with van der Waals surface area (Å²) >= 11 is 0. The lowest BCUT2D eigenvalue weighted by Crippen LogP contribution is -2.19. The summed E-state index contributed by atoms with van der Waals surface area (Å²) in [4.78, 5) is 11.6. The fourth-order valence-corrected chi connectivity index (χ4v) is 1.90. The Labute approximate surface area is 111 Å². The van der Waals surface area contributed by atoms with Crippen LogP contribution in [0.3, 0.4) is 0 Å². The molecule has 0 aliphatic heterocycles. The fraction of sp³-hybridized carbons (Fsp3) is 0.429. The highest BCUT2D eigenvalue weighted by Gasteiger charge is 2.09. The number of hydrogen-bond donors (Lipinski definition) is 2. The first-order valence-electron chi connectivity index (χ1n) is 6.50. The molecule has 0 spiro atoms. The maximum Gasteiger partial charge on any atom is 0.272 e. The molecule has 5 nitrogen and oxygen atoms in total. The summed E-state index contributed by atoms with van der Waals surface area (Å²) in [6, 6.07) is 7.11. The zero-order valence-corrected chi connectivity index (χ0v) is 10.9. The Morgan fingerprint density at radius 1 is 1.37 bits per heavy atom. The van der Waals surface area contributed by atoms with Gasteiger partial charge in [-0.05, 0) is 18.6 Å². The van der Waals surface area contributed by atoms with Crippen LogP contribution in [-0.4, -0.2) is 28.0 Å². The van der Waals surface area contributed by atoms with Crippen molar-refractivity contribution in [2.45, 2.75) is 32.3 Å². The molecule has 2 rings (SSSR count). The van der Waals surface area contributed by atoms with Crippen molar-refractivity contribution in [3.05, 3.63) is 34.6 Å². The van der Waals surface area contributed by atoms with Crippen LogP contribution in [-0.2, 0) is 0 Å². The maximum atomic E-state index is 11.6. The molecule has 0 saturated heterocycles. The molecule has 0 aliphatic carbocycles. The van der Waals surface area contributed by atoms with E-state index >= 15 is 0 Å². The molecule has 1 atom stereocenters. The van der Waals surface area contributed by atoms with E-state index in [2.05, 4.69) is 17.1 Å². The molecule has 0 fully saturated rings. The van der Waals surface area contributed by atoms with Crippen LogP contribution in [0, 0.1) is 0 Å². The van der Waals surface area contributed by atoms with Gasteiger partial charge in [-0.3, -0.25) is 4.79 Å². The fourth-order valence-electron chi connectivity index (χ4n) is 1.90. The van der Waals surface area contributed by atoms with Crippen molar-refractivity contribution >= 4 is 10.8 Å². The van der Waals surface area contributed by atoms with Crippen LogP contribution < -0.4 is 10.3 Å². The van der Waals surface area contributed by atoms with Gasteiger partial charge in [0.15, 0.2) is 0 Å². The smallest absolute Gasteiger partial charge is 0.272 e. The third kappa shape index (κ3) is 3.32. The highest BCUT2D eigenvalue weighted by Crippen LogP contribution is 2.19. The minimum Gasteiger partial charge on any atom is -0.473 e. The predicted molar refractivity (Wildman–Crippen MR) is 73.4 cm³/mol. The van der Waals surface area contributed by atoms with Crippen molar-refractivity contribution in [3.8, 4) is 5.88 Å². The normalized spacial score (nSPS) is 12.5. The standard InChI is InChI=1S/C14H18N2O3/c1-2-3-6-10(17)9-19-14-12-8-5-4-7-11(12)13(18)15-16-14/h4-5,7-8,10,17H,2-3,6,9H2,1H3,(H,15,18). The first kappa shape index (κ1) is 13.5. The van der Waals surface area contributed by atoms with Gasteiger partial charge >= 0.3 is 0 Å². The lowest BCUT2D eigenvalue weighted by atomic mass is 10.2. The molecule has 1 heterocycles. The zero-order valence-electron chi connectivity index (χ0n) is 10.9. The Morgan fingerprint density at radius 2 is 2.11 bits per heavy atom. The number of hydrogen-bond acceptors (Lipinski definition) is 4. The van der Waals surface area contributed by atoms with Gasteiger partial charge in [-0.2, -0.15) is 0 Å². The van der Waals surface area contributed by atoms with E-state index in [9.17, 15) is 9.90 Å². The Morgan fingerprint density at radius 3 is 2.84 bits per heavy atom. The summed E-state index contributed by atoms with van der Waals surface area (Å²) in [6.45, 7) is 2.26. The lowest BCUT2D eigenvalue weighted by Gasteiger charge is -2.12. The van der Waals surface area contributed by atoms with Crippen LogP contribution in [0.1, 0.15) is 26.2 Å². The van der Waals surface area contributed by atoms with Crippen LogP contribution in [0.25, 0.3) is 10.8 Å². The van der Waals surface area contributed by atoms with Gasteiger partial charge in [0.05, 0.1) is 16.9 Å². The summed E-state index contributed by atoms with van der Waals surface area (Å²) < 4.78 is 5.50. The minimum atomic E-state index is -0.507. The Bertz CT molecular complexity index is 595. The number of H-pyrrole nitrogens is 1. The number of aliphatic hydroxyl groups is 1. The number of aliphatic hydroxyl groups excluding tert-OH is 1. The molecule has 1 aromatic heterocycles. The Kier molecular flexibility index (Phi) is 4.52. The lowest BCUT2D eigenvalue weighted by molar-refractivity contribution is 0.0960. The van der Waals surface area contributed by atoms with Crippen LogP contribution in [0.15, 0.2) is 29.1 Å². The molecule has 5 heteroatoms. The molecule has 1 aromatic carbocycles. The molecule has 1 unspecified atom stereocenters. The number of benzene rings is 1. The second kappa shape index (κ2) is 6.33. The summed E-state index contributed by atoms with van der Waals surface area (Å²) in [7, 11) is 0. The summed E-state index contributed by atoms with van der Waals surface area (Å²) in [6.07, 6.45) is 2.20. The average Bonchev–Trinajstić information content (AvgIpc) is 2.45. The van der Waals surface area contributed by atoms with Gasteiger partial charge in [-0.25, -0.2) is 5.10 Å². The number of fused-ring (bicyclic) bond motifs is 1. The van der Waals surface area contributed by atoms with Crippen LogP contribution >= 0.6 is 0 Å². The van der Waals surface area contributed by atoms with E-state index < -0.39 is 6.10 Å². The van der Waals surface area contributed by atoms with E-state index in [0.29, 0.717) is 23.1 Å². The minimum absolute atomic E-state index is 0.184. The van der Waals surface area contributed by atoms with E-state index in [0.717, 1.165) is 12.8 Å². The van der Waals surface area contributed by atoms with Crippen molar-refractivity contribution in [3.63, 3.8) is 0 Å². The number of nitrogens with one attached hydrogen (secondary N) is 1. The quantitative estimate of drug-likeness (QED) is 0.833. The number of rotatable bonds is 6. The number of aromatic amines is 1. The number of unbranched alkanes of at least 4 members (excludes halogenated alkanes) is 1. The summed E-state index contributed by atoms with van der Waals surface area (Å²) in [5.74, 6) is 0.353. The first-order valence-corrected chi connectivity index (χ1v) is 6.50. The number of nitrogens with zero attached hydrogens (tertiary/aromatic N) is 1. The van der Waals surface area contributed by atoms with Gasteiger partial charge in [0, 0.05) is 0 Å². The largest absolute Gasteiger partial charge is 0.473 e. The molecule has 0 radical (unpaired) electrons. The van der Waals surface area contributed by atoms with Crippen LogP contribution in [0.2, 0.25) is 0 Å². The third-order valence-electron chi connectivity index (χ3n) is 2.96. The topological polar surface area (TPSA) is 75.2 Å². The highest BCUT2D eigenvalue weighted by atomic mass is 16.5. The molecule has 19 heavy (non-hydrogen) atoms. The number of ether oxygens (including phenoxy) is 1. The monoisotopic (exact) mass is 262 g/mol. The third-order valence-corrected chi connectivity index (χ3v) is 2.96. The summed E-state index contributed by atoms with van der Waals surface area (Å²) in [5, 5.41) is 17.2. The molecular formula is C14H18N2O3. The van der Waals surface area contributed by atoms with Crippen molar-refractivity contribution in [1.29, 1.82) is 0 Å². The van der Waals surface area contributed by atoms with E-state index in [1.165, 1.54) is 0 Å². The zero-order chi connectivity index (χ0) is 13.7. The summed E-state index contributed by atoms with van der Waals surface area (Å²) in [5.41, 5.74) is -0.241. The van der Waals surface area contributed by atoms with Crippen LogP contribution in [0.4, 0.5) is 0 Å². The molecule has 102 valence electrons. The molecule has 2 N–H and O–H groups in total. The van der Waals surface area contributed by atoms with Crippen molar-refractivity contribution < 1.29 is 9.84 Å². The average molecular weight is 262 g/mol. The van der Waals surface area contributed by atoms with E-state index in [-0.39, 0.29) is 12.2 Å². The second-order valence-electron chi connectivity index (χ2n) is 4.51. The first-order chi connectivity index (χ1) is 9.22. The van der Waals surface area contributed by atoms with Gasteiger partial charge in [0.25, 0.3) is 5.56 Å². The molecule has 0 amide bonds.